The molecule has 0 radical (unpaired) electrons. The number of para-hydroxylation sites is 2. The number of hydrogen-bond donors (Lipinski definition) is 2. The van der Waals surface area contributed by atoms with E-state index in [9.17, 15) is 0 Å². The first-order valence-electron chi connectivity index (χ1n) is 10.2. The van der Waals surface area contributed by atoms with Crippen LogP contribution in [-0.4, -0.2) is 62.8 Å². The molecule has 1 aromatic rings. The zero-order valence-electron chi connectivity index (χ0n) is 17.3. The van der Waals surface area contributed by atoms with Crippen LogP contribution in [0.3, 0.4) is 0 Å². The van der Waals surface area contributed by atoms with Gasteiger partial charge in [0.1, 0.15) is 6.10 Å². The van der Waals surface area contributed by atoms with Crippen molar-refractivity contribution in [3.8, 4) is 11.5 Å². The Morgan fingerprint density at radius 2 is 1.93 bits per heavy atom. The maximum absolute atomic E-state index is 6.01. The standard InChI is InChI=1S/C21H34N4O2.HI/c1-16(27-20-11-7-6-10-19(20)26-3)14-23-21(22-2)24-17-12-13-25(15-17)18-8-4-5-9-18;/h6-7,10-11,16-18H,4-5,8-9,12-15H2,1-3H3,(H2,22,23,24);1H. The van der Waals surface area contributed by atoms with Crippen LogP contribution in [0.15, 0.2) is 29.3 Å². The monoisotopic (exact) mass is 502 g/mol. The number of nitrogens with zero attached hydrogens (tertiary/aromatic N) is 2. The van der Waals surface area contributed by atoms with Crippen molar-refractivity contribution in [1.82, 2.24) is 15.5 Å². The fourth-order valence-electron chi connectivity index (χ4n) is 4.11. The number of methoxy groups -OCH3 is 1. The summed E-state index contributed by atoms with van der Waals surface area (Å²) in [5.74, 6) is 2.37. The van der Waals surface area contributed by atoms with Crippen molar-refractivity contribution in [1.29, 1.82) is 0 Å². The number of benzene rings is 1. The smallest absolute Gasteiger partial charge is 0.191 e. The summed E-state index contributed by atoms with van der Waals surface area (Å²) in [6.07, 6.45) is 6.72. The summed E-state index contributed by atoms with van der Waals surface area (Å²) in [7, 11) is 3.48. The first-order chi connectivity index (χ1) is 13.2. The molecule has 2 N–H and O–H groups in total. The summed E-state index contributed by atoms with van der Waals surface area (Å²) < 4.78 is 11.4. The molecular weight excluding hydrogens is 467 g/mol. The van der Waals surface area contributed by atoms with Crippen molar-refractivity contribution in [2.45, 2.75) is 57.2 Å². The van der Waals surface area contributed by atoms with Crippen LogP contribution in [0.1, 0.15) is 39.0 Å². The Labute approximate surface area is 186 Å². The van der Waals surface area contributed by atoms with Gasteiger partial charge in [-0.25, -0.2) is 0 Å². The van der Waals surface area contributed by atoms with Gasteiger partial charge in [0.2, 0.25) is 0 Å². The Balaban J connectivity index is 0.00000280. The molecule has 0 spiro atoms. The molecule has 1 aromatic carbocycles. The van der Waals surface area contributed by atoms with Crippen molar-refractivity contribution in [2.24, 2.45) is 4.99 Å². The van der Waals surface area contributed by atoms with E-state index >= 15 is 0 Å². The molecule has 1 saturated heterocycles. The second-order valence-corrected chi connectivity index (χ2v) is 7.60. The molecule has 2 atom stereocenters. The number of aliphatic imine (C=N–C) groups is 1. The summed E-state index contributed by atoms with van der Waals surface area (Å²) >= 11 is 0. The highest BCUT2D eigenvalue weighted by Crippen LogP contribution is 2.27. The molecule has 158 valence electrons. The third kappa shape index (κ3) is 6.40. The van der Waals surface area contributed by atoms with Crippen LogP contribution in [0.4, 0.5) is 0 Å². The SMILES string of the molecule is CN=C(NCC(C)Oc1ccccc1OC)NC1CCN(C2CCCC2)C1.I. The first-order valence-corrected chi connectivity index (χ1v) is 10.2. The number of likely N-dealkylation sites (tertiary alicyclic amines) is 1. The summed E-state index contributed by atoms with van der Waals surface area (Å²) in [5, 5.41) is 6.97. The van der Waals surface area contributed by atoms with Crippen LogP contribution in [0.25, 0.3) is 0 Å². The fourth-order valence-corrected chi connectivity index (χ4v) is 4.11. The minimum Gasteiger partial charge on any atom is -0.493 e. The molecule has 2 unspecified atom stereocenters. The molecule has 1 saturated carbocycles. The van der Waals surface area contributed by atoms with Crippen molar-refractivity contribution in [3.63, 3.8) is 0 Å². The van der Waals surface area contributed by atoms with E-state index < -0.39 is 0 Å². The normalized spacial score (nSPS) is 21.8. The van der Waals surface area contributed by atoms with Gasteiger partial charge in [-0.15, -0.1) is 24.0 Å². The minimum absolute atomic E-state index is 0. The van der Waals surface area contributed by atoms with Crippen LogP contribution < -0.4 is 20.1 Å². The lowest BCUT2D eigenvalue weighted by molar-refractivity contribution is 0.213. The average Bonchev–Trinajstić information content (AvgIpc) is 3.37. The second kappa shape index (κ2) is 11.7. The highest BCUT2D eigenvalue weighted by Gasteiger charge is 2.30. The zero-order valence-corrected chi connectivity index (χ0v) is 19.6. The van der Waals surface area contributed by atoms with E-state index in [1.54, 1.807) is 7.11 Å². The molecule has 1 aliphatic heterocycles. The molecule has 28 heavy (non-hydrogen) atoms. The molecule has 2 aliphatic rings. The molecule has 3 rings (SSSR count). The summed E-state index contributed by atoms with van der Waals surface area (Å²) in [6, 6.07) is 9.01. The molecule has 7 heteroatoms. The van der Waals surface area contributed by atoms with Crippen LogP contribution in [-0.2, 0) is 0 Å². The largest absolute Gasteiger partial charge is 0.493 e. The predicted molar refractivity (Wildman–Crippen MR) is 125 cm³/mol. The van der Waals surface area contributed by atoms with E-state index in [2.05, 4.69) is 20.5 Å². The Kier molecular flexibility index (Phi) is 9.64. The summed E-state index contributed by atoms with van der Waals surface area (Å²) in [5.41, 5.74) is 0. The molecular formula is C21H35IN4O2. The Bertz CT molecular complexity index is 622. The Morgan fingerprint density at radius 3 is 2.61 bits per heavy atom. The molecule has 1 aliphatic carbocycles. The van der Waals surface area contributed by atoms with Gasteiger partial charge >= 0.3 is 0 Å². The van der Waals surface area contributed by atoms with Gasteiger partial charge in [0.25, 0.3) is 0 Å². The number of ether oxygens (including phenoxy) is 2. The molecule has 6 nitrogen and oxygen atoms in total. The highest BCUT2D eigenvalue weighted by molar-refractivity contribution is 14.0. The average molecular weight is 502 g/mol. The number of hydrogen-bond acceptors (Lipinski definition) is 4. The van der Waals surface area contributed by atoms with Gasteiger partial charge in [0, 0.05) is 32.2 Å². The maximum atomic E-state index is 6.01. The van der Waals surface area contributed by atoms with E-state index in [4.69, 9.17) is 9.47 Å². The second-order valence-electron chi connectivity index (χ2n) is 7.60. The predicted octanol–water partition coefficient (Wildman–Crippen LogP) is 3.26. The van der Waals surface area contributed by atoms with Crippen molar-refractivity contribution in [2.75, 3.05) is 33.8 Å². The molecule has 1 heterocycles. The number of halogens is 1. The van der Waals surface area contributed by atoms with Crippen LogP contribution >= 0.6 is 24.0 Å². The summed E-state index contributed by atoms with van der Waals surface area (Å²) in [6.45, 7) is 5.05. The van der Waals surface area contributed by atoms with Gasteiger partial charge in [0.05, 0.1) is 13.7 Å². The van der Waals surface area contributed by atoms with Gasteiger partial charge in [-0.1, -0.05) is 25.0 Å². The number of nitrogens with one attached hydrogen (secondary N) is 2. The van der Waals surface area contributed by atoms with E-state index in [0.717, 1.165) is 30.0 Å². The van der Waals surface area contributed by atoms with Crippen molar-refractivity contribution >= 4 is 29.9 Å². The minimum atomic E-state index is -0.00147. The Morgan fingerprint density at radius 1 is 1.21 bits per heavy atom. The number of rotatable bonds is 7. The fraction of sp³-hybridized carbons (Fsp3) is 0.667. The van der Waals surface area contributed by atoms with Gasteiger partial charge in [-0.2, -0.15) is 0 Å². The van der Waals surface area contributed by atoms with Crippen molar-refractivity contribution < 1.29 is 9.47 Å². The zero-order chi connectivity index (χ0) is 19.1. The third-order valence-corrected chi connectivity index (χ3v) is 5.58. The molecule has 0 bridgehead atoms. The first kappa shape index (κ1) is 23.1. The molecule has 0 amide bonds. The topological polar surface area (TPSA) is 58.1 Å². The number of guanidine groups is 1. The van der Waals surface area contributed by atoms with E-state index in [1.807, 2.05) is 38.2 Å². The van der Waals surface area contributed by atoms with E-state index in [-0.39, 0.29) is 30.1 Å². The maximum Gasteiger partial charge on any atom is 0.191 e. The lowest BCUT2D eigenvalue weighted by Gasteiger charge is -2.24. The summed E-state index contributed by atoms with van der Waals surface area (Å²) in [4.78, 5) is 7.04. The van der Waals surface area contributed by atoms with Gasteiger partial charge in [-0.3, -0.25) is 9.89 Å². The highest BCUT2D eigenvalue weighted by atomic mass is 127. The van der Waals surface area contributed by atoms with E-state index in [0.29, 0.717) is 12.6 Å². The van der Waals surface area contributed by atoms with Gasteiger partial charge < -0.3 is 20.1 Å². The van der Waals surface area contributed by atoms with Crippen LogP contribution in [0.5, 0.6) is 11.5 Å². The Hall–Kier alpha value is -1.22. The van der Waals surface area contributed by atoms with Crippen LogP contribution in [0, 0.1) is 0 Å². The van der Waals surface area contributed by atoms with E-state index in [1.165, 1.54) is 38.6 Å². The van der Waals surface area contributed by atoms with Gasteiger partial charge in [0.15, 0.2) is 17.5 Å². The molecule has 2 fully saturated rings. The quantitative estimate of drug-likeness (QED) is 0.341. The molecule has 0 aromatic heterocycles. The third-order valence-electron chi connectivity index (χ3n) is 5.58. The lowest BCUT2D eigenvalue weighted by atomic mass is 10.2. The van der Waals surface area contributed by atoms with Gasteiger partial charge in [-0.05, 0) is 38.3 Å². The lowest BCUT2D eigenvalue weighted by Crippen LogP contribution is -2.47. The van der Waals surface area contributed by atoms with Crippen LogP contribution in [0.2, 0.25) is 0 Å². The van der Waals surface area contributed by atoms with Crippen molar-refractivity contribution in [3.05, 3.63) is 24.3 Å².